The third-order valence-electron chi connectivity index (χ3n) is 2.84. The van der Waals surface area contributed by atoms with E-state index in [0.29, 0.717) is 6.42 Å². The molecule has 0 amide bonds. The molecular weight excluding hydrogens is 207 g/mol. The molecule has 1 unspecified atom stereocenters. The van der Waals surface area contributed by atoms with Crippen molar-refractivity contribution in [3.05, 3.63) is 41.2 Å². The molecule has 0 aromatic heterocycles. The van der Waals surface area contributed by atoms with E-state index in [0.717, 1.165) is 18.4 Å². The largest absolute Gasteiger partial charge is 0.494 e. The summed E-state index contributed by atoms with van der Waals surface area (Å²) in [4.78, 5) is 0. The third-order valence-corrected chi connectivity index (χ3v) is 2.84. The maximum absolute atomic E-state index is 13.4. The van der Waals surface area contributed by atoms with E-state index in [4.69, 9.17) is 4.74 Å². The molecule has 0 spiro atoms. The van der Waals surface area contributed by atoms with Gasteiger partial charge in [-0.25, -0.2) is 4.39 Å². The fraction of sp³-hybridized carbons (Fsp3) is 0.385. The summed E-state index contributed by atoms with van der Waals surface area (Å²) >= 11 is 0. The van der Waals surface area contributed by atoms with Gasteiger partial charge >= 0.3 is 0 Å². The number of rotatable bonds is 3. The molecule has 1 aromatic rings. The quantitative estimate of drug-likeness (QED) is 0.796. The van der Waals surface area contributed by atoms with Crippen LogP contribution in [-0.4, -0.2) is 18.3 Å². The zero-order chi connectivity index (χ0) is 11.5. The van der Waals surface area contributed by atoms with E-state index in [1.54, 1.807) is 6.07 Å². The number of benzene rings is 1. The second-order valence-corrected chi connectivity index (χ2v) is 4.08. The lowest BCUT2D eigenvalue weighted by molar-refractivity contribution is 0.223. The molecule has 1 N–H and O–H groups in total. The van der Waals surface area contributed by atoms with E-state index in [9.17, 15) is 9.50 Å². The van der Waals surface area contributed by atoms with Gasteiger partial charge in [-0.3, -0.25) is 0 Å². The van der Waals surface area contributed by atoms with E-state index >= 15 is 0 Å². The molecule has 1 aromatic carbocycles. The van der Waals surface area contributed by atoms with E-state index in [1.165, 1.54) is 18.7 Å². The normalized spacial score (nSPS) is 19.7. The second kappa shape index (κ2) is 4.66. The lowest BCUT2D eigenvalue weighted by Gasteiger charge is -2.05. The lowest BCUT2D eigenvalue weighted by Crippen LogP contribution is -1.93. The van der Waals surface area contributed by atoms with Gasteiger partial charge in [0.25, 0.3) is 0 Å². The van der Waals surface area contributed by atoms with Crippen LogP contribution in [0.25, 0.3) is 0 Å². The van der Waals surface area contributed by atoms with Crippen molar-refractivity contribution >= 4 is 0 Å². The van der Waals surface area contributed by atoms with Gasteiger partial charge in [-0.05, 0) is 37.0 Å². The zero-order valence-electron chi connectivity index (χ0n) is 9.24. The van der Waals surface area contributed by atoms with Crippen molar-refractivity contribution < 1.29 is 14.2 Å². The van der Waals surface area contributed by atoms with Crippen molar-refractivity contribution in [1.29, 1.82) is 0 Å². The first-order valence-corrected chi connectivity index (χ1v) is 5.39. The summed E-state index contributed by atoms with van der Waals surface area (Å²) < 4.78 is 18.3. The molecule has 0 fully saturated rings. The number of halogens is 1. The van der Waals surface area contributed by atoms with Crippen LogP contribution in [0.4, 0.5) is 4.39 Å². The van der Waals surface area contributed by atoms with Crippen molar-refractivity contribution in [2.75, 3.05) is 7.11 Å². The molecule has 1 aliphatic carbocycles. The minimum Gasteiger partial charge on any atom is -0.494 e. The van der Waals surface area contributed by atoms with Crippen LogP contribution < -0.4 is 4.74 Å². The van der Waals surface area contributed by atoms with Gasteiger partial charge in [-0.2, -0.15) is 0 Å². The predicted octanol–water partition coefficient (Wildman–Crippen LogP) is 2.46. The van der Waals surface area contributed by atoms with Crippen LogP contribution in [0, 0.1) is 5.82 Å². The Balaban J connectivity index is 2.11. The minimum absolute atomic E-state index is 0.268. The maximum atomic E-state index is 13.4. The number of aliphatic hydroxyl groups excluding tert-OH is 1. The van der Waals surface area contributed by atoms with Crippen molar-refractivity contribution in [3.63, 3.8) is 0 Å². The Labute approximate surface area is 94.4 Å². The van der Waals surface area contributed by atoms with Crippen LogP contribution in [0.5, 0.6) is 5.75 Å². The van der Waals surface area contributed by atoms with E-state index in [2.05, 4.69) is 0 Å². The molecule has 86 valence electrons. The Morgan fingerprint density at radius 3 is 2.88 bits per heavy atom. The summed E-state index contributed by atoms with van der Waals surface area (Å²) in [5.41, 5.74) is 2.09. The number of hydrogen-bond donors (Lipinski definition) is 1. The van der Waals surface area contributed by atoms with Crippen LogP contribution >= 0.6 is 0 Å². The first-order valence-electron chi connectivity index (χ1n) is 5.39. The predicted molar refractivity (Wildman–Crippen MR) is 60.0 cm³/mol. The fourth-order valence-corrected chi connectivity index (χ4v) is 2.00. The summed E-state index contributed by atoms with van der Waals surface area (Å²) in [6, 6.07) is 4.98. The van der Waals surface area contributed by atoms with E-state index in [-0.39, 0.29) is 17.7 Å². The highest BCUT2D eigenvalue weighted by Crippen LogP contribution is 2.24. The highest BCUT2D eigenvalue weighted by Gasteiger charge is 2.13. The van der Waals surface area contributed by atoms with Gasteiger partial charge in [0.2, 0.25) is 0 Å². The molecule has 1 atom stereocenters. The molecule has 2 nitrogen and oxygen atoms in total. The molecule has 0 saturated carbocycles. The summed E-state index contributed by atoms with van der Waals surface area (Å²) in [5, 5.41) is 9.34. The van der Waals surface area contributed by atoms with Crippen molar-refractivity contribution in [1.82, 2.24) is 0 Å². The Kier molecular flexibility index (Phi) is 3.25. The molecule has 0 bridgehead atoms. The van der Waals surface area contributed by atoms with Crippen LogP contribution in [0.3, 0.4) is 0 Å². The highest BCUT2D eigenvalue weighted by molar-refractivity contribution is 5.32. The summed E-state index contributed by atoms with van der Waals surface area (Å²) in [7, 11) is 1.45. The first-order chi connectivity index (χ1) is 7.69. The molecule has 0 aliphatic heterocycles. The highest BCUT2D eigenvalue weighted by atomic mass is 19.1. The minimum atomic E-state index is -0.334. The van der Waals surface area contributed by atoms with Gasteiger partial charge in [0.15, 0.2) is 11.6 Å². The lowest BCUT2D eigenvalue weighted by atomic mass is 10.0. The van der Waals surface area contributed by atoms with Gasteiger partial charge in [-0.15, -0.1) is 0 Å². The Morgan fingerprint density at radius 2 is 2.31 bits per heavy atom. The van der Waals surface area contributed by atoms with Gasteiger partial charge < -0.3 is 9.84 Å². The summed E-state index contributed by atoms with van der Waals surface area (Å²) in [5.74, 6) is -0.0664. The van der Waals surface area contributed by atoms with Crippen LogP contribution in [-0.2, 0) is 6.42 Å². The molecular formula is C13H15FO2. The number of hydrogen-bond acceptors (Lipinski definition) is 2. The fourth-order valence-electron chi connectivity index (χ4n) is 2.00. The number of ether oxygens (including phenoxy) is 1. The molecule has 2 rings (SSSR count). The van der Waals surface area contributed by atoms with Crippen molar-refractivity contribution in [2.45, 2.75) is 25.4 Å². The molecule has 3 heteroatoms. The van der Waals surface area contributed by atoms with Crippen molar-refractivity contribution in [3.8, 4) is 5.75 Å². The standard InChI is InChI=1S/C13H15FO2/c1-16-13-5-3-10(8-12(13)14)6-9-2-4-11(15)7-9/h3,5,7-8,11,15H,2,4,6H2,1H3. The third kappa shape index (κ3) is 2.42. The molecule has 0 radical (unpaired) electrons. The van der Waals surface area contributed by atoms with Gasteiger partial charge in [0, 0.05) is 0 Å². The maximum Gasteiger partial charge on any atom is 0.165 e. The molecule has 0 saturated heterocycles. The van der Waals surface area contributed by atoms with Crippen LogP contribution in [0.2, 0.25) is 0 Å². The van der Waals surface area contributed by atoms with Crippen molar-refractivity contribution in [2.24, 2.45) is 0 Å². The SMILES string of the molecule is COc1ccc(CC2=CC(O)CC2)cc1F. The Morgan fingerprint density at radius 1 is 1.50 bits per heavy atom. The van der Waals surface area contributed by atoms with E-state index < -0.39 is 0 Å². The van der Waals surface area contributed by atoms with E-state index in [1.807, 2.05) is 12.1 Å². The smallest absolute Gasteiger partial charge is 0.165 e. The van der Waals surface area contributed by atoms with Gasteiger partial charge in [0.1, 0.15) is 0 Å². The zero-order valence-corrected chi connectivity index (χ0v) is 9.24. The monoisotopic (exact) mass is 222 g/mol. The van der Waals surface area contributed by atoms with Crippen LogP contribution in [0.15, 0.2) is 29.8 Å². The number of allylic oxidation sites excluding steroid dienone is 1. The summed E-state index contributed by atoms with van der Waals surface area (Å²) in [6.45, 7) is 0. The Bertz CT molecular complexity index is 412. The Hall–Kier alpha value is -1.35. The molecule has 1 aliphatic rings. The average molecular weight is 222 g/mol. The second-order valence-electron chi connectivity index (χ2n) is 4.08. The first kappa shape index (κ1) is 11.1. The number of aliphatic hydroxyl groups is 1. The van der Waals surface area contributed by atoms with Gasteiger partial charge in [0.05, 0.1) is 13.2 Å². The molecule has 0 heterocycles. The van der Waals surface area contributed by atoms with Crippen LogP contribution in [0.1, 0.15) is 18.4 Å². The topological polar surface area (TPSA) is 29.5 Å². The molecule has 16 heavy (non-hydrogen) atoms. The summed E-state index contributed by atoms with van der Waals surface area (Å²) in [6.07, 6.45) is 3.93. The average Bonchev–Trinajstić information content (AvgIpc) is 2.64. The van der Waals surface area contributed by atoms with Gasteiger partial charge in [-0.1, -0.05) is 17.7 Å². The number of methoxy groups -OCH3 is 1.